The maximum absolute atomic E-state index is 14.1. The van der Waals surface area contributed by atoms with Crippen molar-refractivity contribution in [3.8, 4) is 0 Å². The van der Waals surface area contributed by atoms with Crippen LogP contribution in [0.5, 0.6) is 0 Å². The zero-order valence-electron chi connectivity index (χ0n) is 14.9. The third-order valence-electron chi connectivity index (χ3n) is 4.78. The van der Waals surface area contributed by atoms with Gasteiger partial charge in [-0.15, -0.1) is 0 Å². The van der Waals surface area contributed by atoms with E-state index in [1.807, 2.05) is 0 Å². The minimum absolute atomic E-state index is 0.0101. The van der Waals surface area contributed by atoms with Gasteiger partial charge in [-0.25, -0.2) is 8.78 Å². The second kappa shape index (κ2) is 7.75. The number of carbonyl (C=O) groups is 1. The number of rotatable bonds is 2. The first-order valence-corrected chi connectivity index (χ1v) is 9.96. The molecule has 3 aromatic rings. The number of hydrogen-bond donors (Lipinski definition) is 0. The summed E-state index contributed by atoms with van der Waals surface area (Å²) >= 11 is 1.49. The van der Waals surface area contributed by atoms with Crippen LogP contribution in [0.3, 0.4) is 0 Å². The Morgan fingerprint density at radius 3 is 2.79 bits per heavy atom. The molecule has 1 aliphatic rings. The molecular formula is C21H17F2NO3S. The molecule has 1 amide bonds. The summed E-state index contributed by atoms with van der Waals surface area (Å²) in [6.07, 6.45) is 0.481. The van der Waals surface area contributed by atoms with E-state index in [4.69, 9.17) is 4.42 Å². The Bertz CT molecular complexity index is 1100. The van der Waals surface area contributed by atoms with E-state index in [1.54, 1.807) is 29.2 Å². The molecule has 144 valence electrons. The lowest BCUT2D eigenvalue weighted by molar-refractivity contribution is 0.0735. The van der Waals surface area contributed by atoms with E-state index in [2.05, 4.69) is 0 Å². The van der Waals surface area contributed by atoms with Gasteiger partial charge in [-0.3, -0.25) is 9.59 Å². The van der Waals surface area contributed by atoms with Crippen molar-refractivity contribution < 1.29 is 18.0 Å². The molecule has 0 N–H and O–H groups in total. The number of para-hydroxylation sites is 1. The molecule has 0 aliphatic carbocycles. The van der Waals surface area contributed by atoms with Crippen molar-refractivity contribution in [3.05, 3.63) is 81.7 Å². The quantitative estimate of drug-likeness (QED) is 0.639. The second-order valence-electron chi connectivity index (χ2n) is 6.58. The molecule has 7 heteroatoms. The lowest BCUT2D eigenvalue weighted by Crippen LogP contribution is -2.33. The number of carbonyl (C=O) groups excluding carboxylic acids is 1. The van der Waals surface area contributed by atoms with Crippen LogP contribution in [0.1, 0.15) is 27.8 Å². The number of halogens is 2. The van der Waals surface area contributed by atoms with E-state index in [9.17, 15) is 18.4 Å². The summed E-state index contributed by atoms with van der Waals surface area (Å²) in [6.45, 7) is 0.802. The molecule has 1 fully saturated rings. The largest absolute Gasteiger partial charge is 0.451 e. The first-order valence-electron chi connectivity index (χ1n) is 8.91. The molecule has 0 saturated carbocycles. The lowest BCUT2D eigenvalue weighted by Gasteiger charge is -2.20. The van der Waals surface area contributed by atoms with Gasteiger partial charge in [0.2, 0.25) is 0 Å². The van der Waals surface area contributed by atoms with Crippen molar-refractivity contribution in [2.45, 2.75) is 11.7 Å². The normalized spacial score (nSPS) is 17.5. The van der Waals surface area contributed by atoms with E-state index in [-0.39, 0.29) is 22.3 Å². The molecule has 1 saturated heterocycles. The Kier molecular flexibility index (Phi) is 5.17. The first-order chi connectivity index (χ1) is 13.5. The summed E-state index contributed by atoms with van der Waals surface area (Å²) in [6, 6.07) is 11.4. The van der Waals surface area contributed by atoms with Crippen LogP contribution in [-0.2, 0) is 0 Å². The second-order valence-corrected chi connectivity index (χ2v) is 7.89. The third-order valence-corrected chi connectivity index (χ3v) is 6.09. The fourth-order valence-electron chi connectivity index (χ4n) is 3.35. The molecule has 28 heavy (non-hydrogen) atoms. The molecule has 1 unspecified atom stereocenters. The molecule has 2 aromatic carbocycles. The molecule has 0 bridgehead atoms. The number of amides is 1. The third kappa shape index (κ3) is 3.67. The average molecular weight is 401 g/mol. The molecule has 4 nitrogen and oxygen atoms in total. The Balaban J connectivity index is 1.55. The van der Waals surface area contributed by atoms with Gasteiger partial charge in [0.25, 0.3) is 5.91 Å². The van der Waals surface area contributed by atoms with Gasteiger partial charge in [0.1, 0.15) is 17.2 Å². The van der Waals surface area contributed by atoms with Crippen LogP contribution < -0.4 is 5.43 Å². The standard InChI is InChI=1S/C21H17F2NO3S/c22-13-5-6-16(23)15(11-13)20-7-8-24(9-10-28-20)21(26)19-12-17(25)14-3-1-2-4-18(14)27-19/h1-6,11-12,20H,7-10H2. The monoisotopic (exact) mass is 401 g/mol. The van der Waals surface area contributed by atoms with Gasteiger partial charge in [0.05, 0.1) is 5.39 Å². The van der Waals surface area contributed by atoms with Crippen molar-refractivity contribution in [1.82, 2.24) is 4.90 Å². The van der Waals surface area contributed by atoms with Crippen molar-refractivity contribution in [3.63, 3.8) is 0 Å². The van der Waals surface area contributed by atoms with Gasteiger partial charge in [0.15, 0.2) is 11.2 Å². The highest BCUT2D eigenvalue weighted by molar-refractivity contribution is 7.99. The van der Waals surface area contributed by atoms with Crippen LogP contribution in [-0.4, -0.2) is 29.6 Å². The van der Waals surface area contributed by atoms with Crippen LogP contribution in [0.2, 0.25) is 0 Å². The van der Waals surface area contributed by atoms with E-state index in [0.717, 1.165) is 12.1 Å². The first kappa shape index (κ1) is 18.7. The fourth-order valence-corrected chi connectivity index (χ4v) is 4.59. The number of fused-ring (bicyclic) bond motifs is 1. The minimum atomic E-state index is -0.480. The van der Waals surface area contributed by atoms with Gasteiger partial charge in [-0.1, -0.05) is 12.1 Å². The Morgan fingerprint density at radius 2 is 1.93 bits per heavy atom. The van der Waals surface area contributed by atoms with Crippen molar-refractivity contribution in [2.24, 2.45) is 0 Å². The molecular weight excluding hydrogens is 384 g/mol. The van der Waals surface area contributed by atoms with Crippen LogP contribution in [0.4, 0.5) is 8.78 Å². The maximum Gasteiger partial charge on any atom is 0.289 e. The van der Waals surface area contributed by atoms with Crippen molar-refractivity contribution in [2.75, 3.05) is 18.8 Å². The maximum atomic E-state index is 14.1. The molecule has 4 rings (SSSR count). The Morgan fingerprint density at radius 1 is 1.11 bits per heavy atom. The molecule has 2 heterocycles. The predicted octanol–water partition coefficient (Wildman–Crippen LogP) is 4.39. The highest BCUT2D eigenvalue weighted by Crippen LogP contribution is 2.36. The fraction of sp³-hybridized carbons (Fsp3) is 0.238. The van der Waals surface area contributed by atoms with Crippen LogP contribution in [0, 0.1) is 11.6 Å². The Labute approximate surface area is 164 Å². The number of nitrogens with zero attached hydrogens (tertiary/aromatic N) is 1. The predicted molar refractivity (Wildman–Crippen MR) is 105 cm³/mol. The topological polar surface area (TPSA) is 50.5 Å². The average Bonchev–Trinajstić information content (AvgIpc) is 2.95. The zero-order valence-corrected chi connectivity index (χ0v) is 15.7. The number of benzene rings is 2. The molecule has 1 aromatic heterocycles. The molecule has 1 aliphatic heterocycles. The van der Waals surface area contributed by atoms with Crippen molar-refractivity contribution >= 4 is 28.6 Å². The summed E-state index contributed by atoms with van der Waals surface area (Å²) in [5.74, 6) is -0.733. The van der Waals surface area contributed by atoms with E-state index in [0.29, 0.717) is 41.8 Å². The highest BCUT2D eigenvalue weighted by atomic mass is 32.2. The number of thioether (sulfide) groups is 1. The molecule has 0 radical (unpaired) electrons. The summed E-state index contributed by atoms with van der Waals surface area (Å²) in [5.41, 5.74) is 0.410. The SMILES string of the molecule is O=C(c1cc(=O)c2ccccc2o1)N1CCSC(c2cc(F)ccc2F)CC1. The van der Waals surface area contributed by atoms with Crippen molar-refractivity contribution in [1.29, 1.82) is 0 Å². The van der Waals surface area contributed by atoms with Gasteiger partial charge < -0.3 is 9.32 Å². The van der Waals surface area contributed by atoms with E-state index < -0.39 is 11.6 Å². The van der Waals surface area contributed by atoms with E-state index >= 15 is 0 Å². The van der Waals surface area contributed by atoms with Crippen LogP contribution >= 0.6 is 11.8 Å². The summed E-state index contributed by atoms with van der Waals surface area (Å²) in [7, 11) is 0. The zero-order chi connectivity index (χ0) is 19.7. The lowest BCUT2D eigenvalue weighted by atomic mass is 10.1. The van der Waals surface area contributed by atoms with Gasteiger partial charge in [0, 0.05) is 35.7 Å². The number of hydrogen-bond acceptors (Lipinski definition) is 4. The van der Waals surface area contributed by atoms with Gasteiger partial charge in [-0.2, -0.15) is 11.8 Å². The van der Waals surface area contributed by atoms with Gasteiger partial charge in [-0.05, 0) is 36.8 Å². The Hall–Kier alpha value is -2.67. The smallest absolute Gasteiger partial charge is 0.289 e. The van der Waals surface area contributed by atoms with Gasteiger partial charge >= 0.3 is 0 Å². The van der Waals surface area contributed by atoms with Crippen LogP contribution in [0.25, 0.3) is 11.0 Å². The van der Waals surface area contributed by atoms with Crippen LogP contribution in [0.15, 0.2) is 57.7 Å². The molecule has 0 spiro atoms. The summed E-state index contributed by atoms with van der Waals surface area (Å²) in [4.78, 5) is 26.7. The minimum Gasteiger partial charge on any atom is -0.451 e. The molecule has 1 atom stereocenters. The summed E-state index contributed by atoms with van der Waals surface area (Å²) < 4.78 is 33.2. The highest BCUT2D eigenvalue weighted by Gasteiger charge is 2.26. The summed E-state index contributed by atoms with van der Waals surface area (Å²) in [5, 5.41) is 0.184. The van der Waals surface area contributed by atoms with E-state index in [1.165, 1.54) is 23.9 Å².